The first-order valence-corrected chi connectivity index (χ1v) is 9.66. The zero-order valence-corrected chi connectivity index (χ0v) is 15.3. The number of hydrogen-bond donors (Lipinski definition) is 2. The third kappa shape index (κ3) is 4.26. The predicted octanol–water partition coefficient (Wildman–Crippen LogP) is 2.43. The maximum Gasteiger partial charge on any atom is 0.349 e. The number of carbonyl (C=O) groups excluding carboxylic acids is 1. The topological polar surface area (TPSA) is 115 Å². The lowest BCUT2D eigenvalue weighted by Crippen LogP contribution is -2.20. The molecule has 140 valence electrons. The molecule has 0 saturated heterocycles. The fraction of sp³-hybridized carbons (Fsp3) is 0.111. The van der Waals surface area contributed by atoms with E-state index in [1.54, 1.807) is 30.3 Å². The van der Waals surface area contributed by atoms with Crippen molar-refractivity contribution >= 4 is 38.3 Å². The van der Waals surface area contributed by atoms with Gasteiger partial charge in [0.1, 0.15) is 5.56 Å². The number of methoxy groups -OCH3 is 1. The van der Waals surface area contributed by atoms with E-state index in [-0.39, 0.29) is 16.8 Å². The van der Waals surface area contributed by atoms with Crippen molar-refractivity contribution in [1.29, 1.82) is 0 Å². The van der Waals surface area contributed by atoms with Gasteiger partial charge in [-0.05, 0) is 30.3 Å². The Balaban J connectivity index is 1.92. The fourth-order valence-corrected chi connectivity index (χ4v) is 3.06. The molecule has 0 fully saturated rings. The second-order valence-corrected chi connectivity index (χ2v) is 7.48. The van der Waals surface area contributed by atoms with Crippen molar-refractivity contribution in [2.24, 2.45) is 0 Å². The molecule has 0 unspecified atom stereocenters. The third-order valence-electron chi connectivity index (χ3n) is 3.61. The van der Waals surface area contributed by atoms with Crippen molar-refractivity contribution in [3.8, 4) is 5.75 Å². The smallest absolute Gasteiger partial charge is 0.349 e. The highest BCUT2D eigenvalue weighted by Crippen LogP contribution is 2.24. The molecule has 0 bridgehead atoms. The molecule has 8 nitrogen and oxygen atoms in total. The van der Waals surface area contributed by atoms with Gasteiger partial charge < -0.3 is 14.5 Å². The van der Waals surface area contributed by atoms with Crippen molar-refractivity contribution in [2.45, 2.75) is 0 Å². The lowest BCUT2D eigenvalue weighted by molar-refractivity contribution is 0.102. The summed E-state index contributed by atoms with van der Waals surface area (Å²) < 4.78 is 35.3. The van der Waals surface area contributed by atoms with Crippen molar-refractivity contribution < 1.29 is 22.4 Å². The molecule has 3 rings (SSSR count). The summed E-state index contributed by atoms with van der Waals surface area (Å²) in [5.74, 6) is -0.291. The van der Waals surface area contributed by atoms with Crippen LogP contribution in [0.4, 0.5) is 11.4 Å². The van der Waals surface area contributed by atoms with Crippen LogP contribution in [0, 0.1) is 0 Å². The van der Waals surface area contributed by atoms with Gasteiger partial charge in [0, 0.05) is 11.1 Å². The van der Waals surface area contributed by atoms with Crippen molar-refractivity contribution in [3.63, 3.8) is 0 Å². The van der Waals surface area contributed by atoms with Gasteiger partial charge in [0.15, 0.2) is 11.3 Å². The highest BCUT2D eigenvalue weighted by molar-refractivity contribution is 7.92. The molecule has 0 aliphatic rings. The van der Waals surface area contributed by atoms with Gasteiger partial charge in [0.05, 0.1) is 19.1 Å². The average molecular weight is 388 g/mol. The van der Waals surface area contributed by atoms with Crippen LogP contribution < -0.4 is 20.4 Å². The number of para-hydroxylation sites is 1. The monoisotopic (exact) mass is 388 g/mol. The molecule has 1 heterocycles. The highest BCUT2D eigenvalue weighted by atomic mass is 32.2. The summed E-state index contributed by atoms with van der Waals surface area (Å²) in [6.45, 7) is 0. The van der Waals surface area contributed by atoms with Gasteiger partial charge in [-0.3, -0.25) is 9.52 Å². The molecule has 1 aromatic heterocycles. The third-order valence-corrected chi connectivity index (χ3v) is 4.22. The standard InChI is InChI=1S/C18H16N2O6S/c1-25-15-8-3-5-11-9-14(18(22)26-16(11)15)17(21)19-12-6-4-7-13(10-12)20-27(2,23)24/h3-10,20H,1-2H3,(H,19,21). The van der Waals surface area contributed by atoms with Crippen molar-refractivity contribution in [2.75, 3.05) is 23.4 Å². The Bertz CT molecular complexity index is 1180. The van der Waals surface area contributed by atoms with Gasteiger partial charge in [-0.2, -0.15) is 0 Å². The van der Waals surface area contributed by atoms with Gasteiger partial charge in [-0.15, -0.1) is 0 Å². The SMILES string of the molecule is COc1cccc2cc(C(=O)Nc3cccc(NS(C)(=O)=O)c3)c(=O)oc12. The number of sulfonamides is 1. The van der Waals surface area contributed by atoms with E-state index in [0.29, 0.717) is 16.8 Å². The van der Waals surface area contributed by atoms with E-state index < -0.39 is 21.6 Å². The quantitative estimate of drug-likeness (QED) is 0.649. The molecule has 9 heteroatoms. The second kappa shape index (κ2) is 7.12. The number of benzene rings is 2. The first kappa shape index (κ1) is 18.5. The Morgan fingerprint density at radius 1 is 1.07 bits per heavy atom. The number of ether oxygens (including phenoxy) is 1. The Labute approximate surface area is 154 Å². The molecule has 0 saturated carbocycles. The van der Waals surface area contributed by atoms with Crippen molar-refractivity contribution in [3.05, 3.63) is 64.5 Å². The van der Waals surface area contributed by atoms with Gasteiger partial charge >= 0.3 is 5.63 Å². The Morgan fingerprint density at radius 3 is 2.48 bits per heavy atom. The summed E-state index contributed by atoms with van der Waals surface area (Å²) in [4.78, 5) is 24.7. The van der Waals surface area contributed by atoms with Crippen LogP contribution in [0.15, 0.2) is 57.7 Å². The van der Waals surface area contributed by atoms with Crippen LogP contribution in [-0.4, -0.2) is 27.7 Å². The van der Waals surface area contributed by atoms with Gasteiger partial charge in [0.2, 0.25) is 10.0 Å². The normalized spacial score (nSPS) is 11.2. The summed E-state index contributed by atoms with van der Waals surface area (Å²) in [6.07, 6.45) is 1.02. The molecule has 0 spiro atoms. The molecule has 0 atom stereocenters. The molecule has 0 aliphatic carbocycles. The molecule has 0 aliphatic heterocycles. The summed E-state index contributed by atoms with van der Waals surface area (Å²) in [5.41, 5.74) is -0.141. The first-order chi connectivity index (χ1) is 12.8. The largest absolute Gasteiger partial charge is 0.493 e. The van der Waals surface area contributed by atoms with Crippen LogP contribution in [0.3, 0.4) is 0 Å². The summed E-state index contributed by atoms with van der Waals surface area (Å²) >= 11 is 0. The molecule has 3 aromatic rings. The van der Waals surface area contributed by atoms with Crippen LogP contribution in [0.25, 0.3) is 11.0 Å². The molecular weight excluding hydrogens is 372 g/mol. The molecule has 1 amide bonds. The molecule has 2 aromatic carbocycles. The van der Waals surface area contributed by atoms with Gasteiger partial charge in [-0.25, -0.2) is 13.2 Å². The average Bonchev–Trinajstić information content (AvgIpc) is 2.59. The van der Waals surface area contributed by atoms with E-state index >= 15 is 0 Å². The molecule has 27 heavy (non-hydrogen) atoms. The van der Waals surface area contributed by atoms with Crippen LogP contribution in [0.2, 0.25) is 0 Å². The summed E-state index contributed by atoms with van der Waals surface area (Å²) in [7, 11) is -2.00. The van der Waals surface area contributed by atoms with E-state index in [2.05, 4.69) is 10.0 Å². The zero-order valence-electron chi connectivity index (χ0n) is 14.5. The second-order valence-electron chi connectivity index (χ2n) is 5.74. The Morgan fingerprint density at radius 2 is 1.78 bits per heavy atom. The van der Waals surface area contributed by atoms with E-state index in [9.17, 15) is 18.0 Å². The van der Waals surface area contributed by atoms with Crippen molar-refractivity contribution in [1.82, 2.24) is 0 Å². The fourth-order valence-electron chi connectivity index (χ4n) is 2.51. The maximum absolute atomic E-state index is 12.5. The van der Waals surface area contributed by atoms with E-state index in [0.717, 1.165) is 6.26 Å². The van der Waals surface area contributed by atoms with E-state index in [1.807, 2.05) is 0 Å². The van der Waals surface area contributed by atoms with E-state index in [1.165, 1.54) is 25.3 Å². The number of hydrogen-bond acceptors (Lipinski definition) is 6. The van der Waals surface area contributed by atoms with Gasteiger partial charge in [-0.1, -0.05) is 18.2 Å². The minimum absolute atomic E-state index is 0.183. The number of rotatable bonds is 5. The molecule has 0 radical (unpaired) electrons. The summed E-state index contributed by atoms with van der Waals surface area (Å²) in [5, 5.41) is 3.09. The number of fused-ring (bicyclic) bond motifs is 1. The Kier molecular flexibility index (Phi) is 4.87. The zero-order chi connectivity index (χ0) is 19.6. The maximum atomic E-state index is 12.5. The summed E-state index contributed by atoms with van der Waals surface area (Å²) in [6, 6.07) is 12.6. The van der Waals surface area contributed by atoms with Crippen LogP contribution >= 0.6 is 0 Å². The van der Waals surface area contributed by atoms with E-state index in [4.69, 9.17) is 9.15 Å². The number of amides is 1. The Hall–Kier alpha value is -3.33. The lowest BCUT2D eigenvalue weighted by atomic mass is 10.1. The number of anilines is 2. The van der Waals surface area contributed by atoms with Crippen LogP contribution in [-0.2, 0) is 10.0 Å². The molecular formula is C18H16N2O6S. The van der Waals surface area contributed by atoms with Crippen LogP contribution in [0.5, 0.6) is 5.75 Å². The minimum atomic E-state index is -3.45. The highest BCUT2D eigenvalue weighted by Gasteiger charge is 2.16. The first-order valence-electron chi connectivity index (χ1n) is 7.77. The minimum Gasteiger partial charge on any atom is -0.493 e. The number of carbonyl (C=O) groups is 1. The molecule has 2 N–H and O–H groups in total. The number of nitrogens with one attached hydrogen (secondary N) is 2. The predicted molar refractivity (Wildman–Crippen MR) is 102 cm³/mol. The lowest BCUT2D eigenvalue weighted by Gasteiger charge is -2.09. The van der Waals surface area contributed by atoms with Gasteiger partial charge in [0.25, 0.3) is 5.91 Å². The van der Waals surface area contributed by atoms with Crippen LogP contribution in [0.1, 0.15) is 10.4 Å².